The minimum Gasteiger partial charge on any atom is -0.317 e. The molecule has 1 aromatic rings. The highest BCUT2D eigenvalue weighted by molar-refractivity contribution is 5.26. The summed E-state index contributed by atoms with van der Waals surface area (Å²) in [6, 6.07) is 11.7. The molecule has 3 atom stereocenters. The molecule has 2 rings (SSSR count). The van der Waals surface area contributed by atoms with Gasteiger partial charge in [0.25, 0.3) is 0 Å². The lowest BCUT2D eigenvalue weighted by Gasteiger charge is -2.15. The zero-order chi connectivity index (χ0) is 11.4. The van der Waals surface area contributed by atoms with Crippen molar-refractivity contribution in [3.63, 3.8) is 0 Å². The van der Waals surface area contributed by atoms with Crippen LogP contribution in [-0.2, 0) is 0 Å². The quantitative estimate of drug-likeness (QED) is 0.768. The summed E-state index contributed by atoms with van der Waals surface area (Å²) in [7, 11) is 2.11. The van der Waals surface area contributed by atoms with Crippen molar-refractivity contribution in [2.24, 2.45) is 5.92 Å². The molecule has 88 valence electrons. The van der Waals surface area contributed by atoms with Crippen molar-refractivity contribution in [3.05, 3.63) is 35.9 Å². The standard InChI is InChI=1S/C15H23N/c1-3-4-10-15(16-2)14-11-13(14)12-8-6-5-7-9-12/h5-9,13-16H,3-4,10-11H2,1-2H3. The van der Waals surface area contributed by atoms with Gasteiger partial charge in [0, 0.05) is 6.04 Å². The van der Waals surface area contributed by atoms with Crippen LogP contribution in [0, 0.1) is 5.92 Å². The topological polar surface area (TPSA) is 12.0 Å². The van der Waals surface area contributed by atoms with Crippen LogP contribution in [0.3, 0.4) is 0 Å². The molecule has 1 aromatic carbocycles. The van der Waals surface area contributed by atoms with Gasteiger partial charge in [-0.1, -0.05) is 50.1 Å². The van der Waals surface area contributed by atoms with E-state index in [0.29, 0.717) is 0 Å². The van der Waals surface area contributed by atoms with Gasteiger partial charge in [0.2, 0.25) is 0 Å². The first-order valence-corrected chi connectivity index (χ1v) is 6.59. The monoisotopic (exact) mass is 217 g/mol. The number of hydrogen-bond donors (Lipinski definition) is 1. The van der Waals surface area contributed by atoms with E-state index >= 15 is 0 Å². The predicted octanol–water partition coefficient (Wildman–Crippen LogP) is 3.57. The highest BCUT2D eigenvalue weighted by Gasteiger charge is 2.42. The molecular formula is C15H23N. The molecule has 0 saturated heterocycles. The van der Waals surface area contributed by atoms with Crippen molar-refractivity contribution in [2.75, 3.05) is 7.05 Å². The second kappa shape index (κ2) is 5.49. The highest BCUT2D eigenvalue weighted by Crippen LogP contribution is 2.50. The molecule has 1 aliphatic rings. The SMILES string of the molecule is CCCCC(NC)C1CC1c1ccccc1. The normalized spacial score (nSPS) is 25.4. The summed E-state index contributed by atoms with van der Waals surface area (Å²) in [6.07, 6.45) is 5.37. The summed E-state index contributed by atoms with van der Waals surface area (Å²) in [6.45, 7) is 2.27. The Bertz CT molecular complexity index is 306. The van der Waals surface area contributed by atoms with E-state index in [9.17, 15) is 0 Å². The molecule has 1 fully saturated rings. The summed E-state index contributed by atoms with van der Waals surface area (Å²) in [5, 5.41) is 3.50. The lowest BCUT2D eigenvalue weighted by molar-refractivity contribution is 0.447. The molecule has 0 bridgehead atoms. The van der Waals surface area contributed by atoms with Crippen LogP contribution < -0.4 is 5.32 Å². The first-order valence-electron chi connectivity index (χ1n) is 6.59. The van der Waals surface area contributed by atoms with E-state index in [0.717, 1.165) is 17.9 Å². The third kappa shape index (κ3) is 2.65. The van der Waals surface area contributed by atoms with Crippen molar-refractivity contribution in [3.8, 4) is 0 Å². The summed E-state index contributed by atoms with van der Waals surface area (Å²) in [4.78, 5) is 0. The van der Waals surface area contributed by atoms with Crippen LogP contribution in [0.15, 0.2) is 30.3 Å². The van der Waals surface area contributed by atoms with Gasteiger partial charge in [0.15, 0.2) is 0 Å². The largest absolute Gasteiger partial charge is 0.317 e. The van der Waals surface area contributed by atoms with Gasteiger partial charge in [-0.2, -0.15) is 0 Å². The molecule has 3 unspecified atom stereocenters. The Balaban J connectivity index is 1.89. The molecule has 1 aliphatic carbocycles. The maximum absolute atomic E-state index is 3.50. The summed E-state index contributed by atoms with van der Waals surface area (Å²) in [5.74, 6) is 1.69. The molecule has 0 heterocycles. The van der Waals surface area contributed by atoms with E-state index in [1.807, 2.05) is 0 Å². The van der Waals surface area contributed by atoms with Crippen molar-refractivity contribution >= 4 is 0 Å². The second-order valence-corrected chi connectivity index (χ2v) is 4.95. The zero-order valence-corrected chi connectivity index (χ0v) is 10.4. The summed E-state index contributed by atoms with van der Waals surface area (Å²) >= 11 is 0. The molecule has 1 heteroatoms. The number of unbranched alkanes of at least 4 members (excludes halogenated alkanes) is 1. The third-order valence-corrected chi connectivity index (χ3v) is 3.82. The smallest absolute Gasteiger partial charge is 0.00983 e. The van der Waals surface area contributed by atoms with Gasteiger partial charge in [-0.05, 0) is 37.3 Å². The van der Waals surface area contributed by atoms with E-state index in [2.05, 4.69) is 49.6 Å². The molecule has 0 radical (unpaired) electrons. The van der Waals surface area contributed by atoms with E-state index in [-0.39, 0.29) is 0 Å². The molecule has 16 heavy (non-hydrogen) atoms. The number of nitrogens with one attached hydrogen (secondary N) is 1. The van der Waals surface area contributed by atoms with Gasteiger partial charge in [-0.3, -0.25) is 0 Å². The Kier molecular flexibility index (Phi) is 4.00. The maximum Gasteiger partial charge on any atom is 0.00983 e. The van der Waals surface area contributed by atoms with E-state index in [1.54, 1.807) is 0 Å². The number of rotatable bonds is 6. The van der Waals surface area contributed by atoms with Crippen LogP contribution in [0.25, 0.3) is 0 Å². The van der Waals surface area contributed by atoms with Gasteiger partial charge in [0.1, 0.15) is 0 Å². The molecule has 0 aromatic heterocycles. The van der Waals surface area contributed by atoms with Crippen LogP contribution in [0.5, 0.6) is 0 Å². The average Bonchev–Trinajstić information content (AvgIpc) is 3.12. The van der Waals surface area contributed by atoms with Gasteiger partial charge in [-0.25, -0.2) is 0 Å². The molecule has 1 N–H and O–H groups in total. The van der Waals surface area contributed by atoms with E-state index in [4.69, 9.17) is 0 Å². The van der Waals surface area contributed by atoms with Crippen LogP contribution in [0.1, 0.15) is 44.1 Å². The molecule has 0 spiro atoms. The van der Waals surface area contributed by atoms with Crippen molar-refractivity contribution in [2.45, 2.75) is 44.6 Å². The molecule has 1 nitrogen and oxygen atoms in total. The van der Waals surface area contributed by atoms with Crippen LogP contribution in [-0.4, -0.2) is 13.1 Å². The van der Waals surface area contributed by atoms with Gasteiger partial charge < -0.3 is 5.32 Å². The first kappa shape index (κ1) is 11.7. The Morgan fingerprint density at radius 2 is 2.06 bits per heavy atom. The maximum atomic E-state index is 3.50. The fourth-order valence-corrected chi connectivity index (χ4v) is 2.74. The Labute approximate surface area is 99.3 Å². The summed E-state index contributed by atoms with van der Waals surface area (Å²) < 4.78 is 0. The van der Waals surface area contributed by atoms with Crippen LogP contribution in [0.4, 0.5) is 0 Å². The minimum atomic E-state index is 0.727. The minimum absolute atomic E-state index is 0.727. The molecule has 0 amide bonds. The van der Waals surface area contributed by atoms with Crippen molar-refractivity contribution < 1.29 is 0 Å². The van der Waals surface area contributed by atoms with Gasteiger partial charge >= 0.3 is 0 Å². The van der Waals surface area contributed by atoms with Crippen LogP contribution >= 0.6 is 0 Å². The fraction of sp³-hybridized carbons (Fsp3) is 0.600. The predicted molar refractivity (Wildman–Crippen MR) is 69.7 cm³/mol. The first-order chi connectivity index (χ1) is 7.86. The molecular weight excluding hydrogens is 194 g/mol. The number of hydrogen-bond acceptors (Lipinski definition) is 1. The van der Waals surface area contributed by atoms with Crippen LogP contribution in [0.2, 0.25) is 0 Å². The summed E-state index contributed by atoms with van der Waals surface area (Å²) in [5.41, 5.74) is 1.53. The van der Waals surface area contributed by atoms with E-state index < -0.39 is 0 Å². The Morgan fingerprint density at radius 3 is 2.69 bits per heavy atom. The molecule has 0 aliphatic heterocycles. The van der Waals surface area contributed by atoms with E-state index in [1.165, 1.54) is 31.2 Å². The second-order valence-electron chi connectivity index (χ2n) is 4.95. The Morgan fingerprint density at radius 1 is 1.31 bits per heavy atom. The fourth-order valence-electron chi connectivity index (χ4n) is 2.74. The van der Waals surface area contributed by atoms with Gasteiger partial charge in [0.05, 0.1) is 0 Å². The Hall–Kier alpha value is -0.820. The van der Waals surface area contributed by atoms with Crippen molar-refractivity contribution in [1.82, 2.24) is 5.32 Å². The zero-order valence-electron chi connectivity index (χ0n) is 10.4. The lowest BCUT2D eigenvalue weighted by Crippen LogP contribution is -2.27. The third-order valence-electron chi connectivity index (χ3n) is 3.82. The van der Waals surface area contributed by atoms with Crippen molar-refractivity contribution in [1.29, 1.82) is 0 Å². The lowest BCUT2D eigenvalue weighted by atomic mass is 10.0. The van der Waals surface area contributed by atoms with Gasteiger partial charge in [-0.15, -0.1) is 0 Å². The molecule has 1 saturated carbocycles. The average molecular weight is 217 g/mol. The number of benzene rings is 1. The highest BCUT2D eigenvalue weighted by atomic mass is 14.9.